The summed E-state index contributed by atoms with van der Waals surface area (Å²) >= 11 is 0. The van der Waals surface area contributed by atoms with E-state index in [1.807, 2.05) is 0 Å². The Morgan fingerprint density at radius 1 is 1.18 bits per heavy atom. The highest BCUT2D eigenvalue weighted by atomic mass is 32.2. The van der Waals surface area contributed by atoms with Gasteiger partial charge in [-0.2, -0.15) is 0 Å². The van der Waals surface area contributed by atoms with E-state index in [0.717, 1.165) is 19.3 Å². The van der Waals surface area contributed by atoms with Crippen molar-refractivity contribution in [1.82, 2.24) is 4.72 Å². The molecule has 0 radical (unpaired) electrons. The second-order valence-corrected chi connectivity index (χ2v) is 6.45. The van der Waals surface area contributed by atoms with Crippen molar-refractivity contribution < 1.29 is 18.3 Å². The van der Waals surface area contributed by atoms with Crippen molar-refractivity contribution in [3.8, 4) is 0 Å². The summed E-state index contributed by atoms with van der Waals surface area (Å²) in [6.07, 6.45) is 5.20. The standard InChI is InChI=1S/C11H23NO4S/c1-10(2)7-5-3-4-6-8-12-17(15,16)9-11(13)14/h10,12H,3-9H2,1-2H3,(H,13,14). The number of aliphatic carboxylic acids is 1. The first-order chi connectivity index (χ1) is 7.83. The van der Waals surface area contributed by atoms with E-state index in [-0.39, 0.29) is 0 Å². The summed E-state index contributed by atoms with van der Waals surface area (Å²) in [6, 6.07) is 0. The average Bonchev–Trinajstić information content (AvgIpc) is 2.13. The minimum atomic E-state index is -3.64. The Kier molecular flexibility index (Phi) is 8.16. The molecule has 5 nitrogen and oxygen atoms in total. The van der Waals surface area contributed by atoms with Crippen molar-refractivity contribution >= 4 is 16.0 Å². The molecule has 0 saturated heterocycles. The van der Waals surface area contributed by atoms with Gasteiger partial charge in [-0.3, -0.25) is 4.79 Å². The Balaban J connectivity index is 3.48. The quantitative estimate of drug-likeness (QED) is 0.588. The summed E-state index contributed by atoms with van der Waals surface area (Å²) in [5.74, 6) is -1.46. The molecule has 0 aromatic carbocycles. The Labute approximate surface area is 104 Å². The molecule has 0 aromatic heterocycles. The maximum absolute atomic E-state index is 11.1. The lowest BCUT2D eigenvalue weighted by atomic mass is 10.0. The molecule has 2 N–H and O–H groups in total. The molecular formula is C11H23NO4S. The fraction of sp³-hybridized carbons (Fsp3) is 0.909. The SMILES string of the molecule is CC(C)CCCCCCNS(=O)(=O)CC(=O)O. The molecule has 6 heteroatoms. The topological polar surface area (TPSA) is 83.5 Å². The molecule has 0 fully saturated rings. The molecule has 102 valence electrons. The van der Waals surface area contributed by atoms with Crippen LogP contribution in [0.3, 0.4) is 0 Å². The average molecular weight is 265 g/mol. The highest BCUT2D eigenvalue weighted by Gasteiger charge is 2.13. The molecule has 17 heavy (non-hydrogen) atoms. The summed E-state index contributed by atoms with van der Waals surface area (Å²) in [7, 11) is -3.64. The van der Waals surface area contributed by atoms with Crippen LogP contribution in [0.4, 0.5) is 0 Å². The Morgan fingerprint density at radius 3 is 2.29 bits per heavy atom. The number of carboxylic acid groups (broad SMARTS) is 1. The van der Waals surface area contributed by atoms with Crippen molar-refractivity contribution in [2.24, 2.45) is 5.92 Å². The number of sulfonamides is 1. The maximum atomic E-state index is 11.1. The van der Waals surface area contributed by atoms with Crippen molar-refractivity contribution in [2.45, 2.75) is 46.0 Å². The van der Waals surface area contributed by atoms with Gasteiger partial charge in [0.15, 0.2) is 5.75 Å². The monoisotopic (exact) mass is 265 g/mol. The Bertz CT molecular complexity index is 311. The molecule has 0 heterocycles. The number of carboxylic acids is 1. The van der Waals surface area contributed by atoms with E-state index in [9.17, 15) is 13.2 Å². The predicted molar refractivity (Wildman–Crippen MR) is 67.3 cm³/mol. The Hall–Kier alpha value is -0.620. The van der Waals surface area contributed by atoms with Gasteiger partial charge in [-0.15, -0.1) is 0 Å². The van der Waals surface area contributed by atoms with Gasteiger partial charge in [-0.05, 0) is 12.3 Å². The summed E-state index contributed by atoms with van der Waals surface area (Å²) in [5, 5.41) is 8.35. The molecular weight excluding hydrogens is 242 g/mol. The fourth-order valence-corrected chi connectivity index (χ4v) is 2.35. The van der Waals surface area contributed by atoms with E-state index in [1.165, 1.54) is 12.8 Å². The zero-order valence-corrected chi connectivity index (χ0v) is 11.4. The summed E-state index contributed by atoms with van der Waals surface area (Å²) in [4.78, 5) is 10.2. The first kappa shape index (κ1) is 16.4. The highest BCUT2D eigenvalue weighted by molar-refractivity contribution is 7.90. The van der Waals surface area contributed by atoms with Crippen LogP contribution in [-0.4, -0.2) is 31.8 Å². The van der Waals surface area contributed by atoms with Crippen molar-refractivity contribution in [2.75, 3.05) is 12.3 Å². The zero-order valence-electron chi connectivity index (χ0n) is 10.6. The molecule has 0 spiro atoms. The van der Waals surface area contributed by atoms with E-state index >= 15 is 0 Å². The first-order valence-corrected chi connectivity index (χ1v) is 7.68. The number of nitrogens with one attached hydrogen (secondary N) is 1. The van der Waals surface area contributed by atoms with Gasteiger partial charge in [-0.1, -0.05) is 39.5 Å². The lowest BCUT2D eigenvalue weighted by Crippen LogP contribution is -2.30. The minimum Gasteiger partial charge on any atom is -0.480 e. The number of hydrogen-bond acceptors (Lipinski definition) is 3. The van der Waals surface area contributed by atoms with E-state index < -0.39 is 21.7 Å². The van der Waals surface area contributed by atoms with Crippen molar-refractivity contribution in [3.05, 3.63) is 0 Å². The van der Waals surface area contributed by atoms with Crippen LogP contribution in [0.5, 0.6) is 0 Å². The number of rotatable bonds is 10. The smallest absolute Gasteiger partial charge is 0.320 e. The molecule has 0 unspecified atom stereocenters. The zero-order chi connectivity index (χ0) is 13.3. The van der Waals surface area contributed by atoms with Gasteiger partial charge in [0.25, 0.3) is 0 Å². The van der Waals surface area contributed by atoms with Gasteiger partial charge >= 0.3 is 5.97 Å². The number of carbonyl (C=O) groups is 1. The van der Waals surface area contributed by atoms with Gasteiger partial charge < -0.3 is 5.11 Å². The van der Waals surface area contributed by atoms with Gasteiger partial charge in [0.2, 0.25) is 10.0 Å². The summed E-state index contributed by atoms with van der Waals surface area (Å²) < 4.78 is 24.5. The Morgan fingerprint density at radius 2 is 1.76 bits per heavy atom. The van der Waals surface area contributed by atoms with Crippen LogP contribution in [-0.2, 0) is 14.8 Å². The van der Waals surface area contributed by atoms with Crippen LogP contribution in [0.15, 0.2) is 0 Å². The number of unbranched alkanes of at least 4 members (excludes halogenated alkanes) is 3. The molecule has 0 aliphatic carbocycles. The van der Waals surface area contributed by atoms with Crippen molar-refractivity contribution in [1.29, 1.82) is 0 Å². The second kappa shape index (κ2) is 8.47. The maximum Gasteiger partial charge on any atom is 0.320 e. The van der Waals surface area contributed by atoms with Crippen LogP contribution in [0.2, 0.25) is 0 Å². The van der Waals surface area contributed by atoms with Crippen LogP contribution in [0.25, 0.3) is 0 Å². The normalized spacial score (nSPS) is 11.9. The van der Waals surface area contributed by atoms with Gasteiger partial charge in [0.1, 0.15) is 0 Å². The molecule has 0 saturated carbocycles. The summed E-state index contributed by atoms with van der Waals surface area (Å²) in [6.45, 7) is 4.69. The van der Waals surface area contributed by atoms with E-state index in [2.05, 4.69) is 18.6 Å². The molecule has 0 rings (SSSR count). The van der Waals surface area contributed by atoms with E-state index in [4.69, 9.17) is 5.11 Å². The molecule has 0 amide bonds. The molecule has 0 atom stereocenters. The first-order valence-electron chi connectivity index (χ1n) is 6.02. The van der Waals surface area contributed by atoms with Crippen LogP contribution in [0.1, 0.15) is 46.0 Å². The molecule has 0 bridgehead atoms. The molecule has 0 aliphatic rings. The van der Waals surface area contributed by atoms with Crippen LogP contribution < -0.4 is 4.72 Å². The molecule has 0 aromatic rings. The van der Waals surface area contributed by atoms with Crippen LogP contribution in [0, 0.1) is 5.92 Å². The third-order valence-electron chi connectivity index (χ3n) is 2.34. The second-order valence-electron chi connectivity index (χ2n) is 4.64. The number of hydrogen-bond donors (Lipinski definition) is 2. The van der Waals surface area contributed by atoms with E-state index in [1.54, 1.807) is 0 Å². The fourth-order valence-electron chi connectivity index (χ4n) is 1.47. The predicted octanol–water partition coefficient (Wildman–Crippen LogP) is 1.60. The third kappa shape index (κ3) is 11.6. The van der Waals surface area contributed by atoms with Gasteiger partial charge in [-0.25, -0.2) is 13.1 Å². The van der Waals surface area contributed by atoms with Gasteiger partial charge in [0, 0.05) is 6.54 Å². The lowest BCUT2D eigenvalue weighted by Gasteiger charge is -2.05. The highest BCUT2D eigenvalue weighted by Crippen LogP contribution is 2.08. The van der Waals surface area contributed by atoms with Crippen molar-refractivity contribution in [3.63, 3.8) is 0 Å². The largest absolute Gasteiger partial charge is 0.480 e. The third-order valence-corrected chi connectivity index (χ3v) is 3.61. The van der Waals surface area contributed by atoms with E-state index in [0.29, 0.717) is 12.5 Å². The van der Waals surface area contributed by atoms with Gasteiger partial charge in [0.05, 0.1) is 0 Å². The summed E-state index contributed by atoms with van der Waals surface area (Å²) in [5.41, 5.74) is 0. The molecule has 0 aliphatic heterocycles. The minimum absolute atomic E-state index is 0.331. The van der Waals surface area contributed by atoms with Crippen LogP contribution >= 0.6 is 0 Å². The lowest BCUT2D eigenvalue weighted by molar-refractivity contribution is -0.134.